The molecule has 0 bridgehead atoms. The number of hydrogen-bond donors (Lipinski definition) is 2. The van der Waals surface area contributed by atoms with Gasteiger partial charge in [0.25, 0.3) is 0 Å². The van der Waals surface area contributed by atoms with Crippen molar-refractivity contribution >= 4 is 5.69 Å². The van der Waals surface area contributed by atoms with E-state index in [0.717, 1.165) is 17.3 Å². The predicted octanol–water partition coefficient (Wildman–Crippen LogP) is 3.59. The summed E-state index contributed by atoms with van der Waals surface area (Å²) in [6.45, 7) is 3.38. The molecular formula is C16H17F2NO. The SMILES string of the molecule is Cc1ccc(NC(C)(CO)c2cc(F)cc(F)c2)cc1. The minimum absolute atomic E-state index is 0.288. The summed E-state index contributed by atoms with van der Waals surface area (Å²) >= 11 is 0. The van der Waals surface area contributed by atoms with E-state index in [4.69, 9.17) is 0 Å². The third-order valence-corrected chi connectivity index (χ3v) is 3.29. The summed E-state index contributed by atoms with van der Waals surface area (Å²) in [7, 11) is 0. The Morgan fingerprint density at radius 1 is 1.05 bits per heavy atom. The van der Waals surface area contributed by atoms with E-state index < -0.39 is 17.2 Å². The molecule has 2 N–H and O–H groups in total. The molecule has 20 heavy (non-hydrogen) atoms. The summed E-state index contributed by atoms with van der Waals surface area (Å²) in [6.07, 6.45) is 0. The molecule has 1 unspecified atom stereocenters. The predicted molar refractivity (Wildman–Crippen MR) is 75.6 cm³/mol. The second kappa shape index (κ2) is 5.59. The van der Waals surface area contributed by atoms with E-state index in [9.17, 15) is 13.9 Å². The molecule has 2 nitrogen and oxygen atoms in total. The van der Waals surface area contributed by atoms with Crippen LogP contribution >= 0.6 is 0 Å². The van der Waals surface area contributed by atoms with Gasteiger partial charge in [-0.15, -0.1) is 0 Å². The van der Waals surface area contributed by atoms with Crippen LogP contribution in [0.15, 0.2) is 42.5 Å². The Bertz CT molecular complexity index is 578. The zero-order chi connectivity index (χ0) is 14.8. The number of nitrogens with one attached hydrogen (secondary N) is 1. The van der Waals surface area contributed by atoms with Gasteiger partial charge < -0.3 is 10.4 Å². The van der Waals surface area contributed by atoms with Crippen LogP contribution in [0.3, 0.4) is 0 Å². The first-order valence-electron chi connectivity index (χ1n) is 6.35. The lowest BCUT2D eigenvalue weighted by Crippen LogP contribution is -2.36. The summed E-state index contributed by atoms with van der Waals surface area (Å²) in [5.74, 6) is -1.32. The Morgan fingerprint density at radius 2 is 1.60 bits per heavy atom. The normalized spacial score (nSPS) is 13.8. The lowest BCUT2D eigenvalue weighted by molar-refractivity contribution is 0.223. The molecule has 0 spiro atoms. The third kappa shape index (κ3) is 3.14. The Morgan fingerprint density at radius 3 is 2.10 bits per heavy atom. The van der Waals surface area contributed by atoms with Crippen molar-refractivity contribution < 1.29 is 13.9 Å². The van der Waals surface area contributed by atoms with Gasteiger partial charge in [-0.2, -0.15) is 0 Å². The smallest absolute Gasteiger partial charge is 0.126 e. The van der Waals surface area contributed by atoms with Crippen LogP contribution in [0.1, 0.15) is 18.1 Å². The molecule has 0 aliphatic heterocycles. The Hall–Kier alpha value is -1.94. The van der Waals surface area contributed by atoms with Crippen molar-refractivity contribution in [3.63, 3.8) is 0 Å². The zero-order valence-corrected chi connectivity index (χ0v) is 11.5. The third-order valence-electron chi connectivity index (χ3n) is 3.29. The van der Waals surface area contributed by atoms with Crippen LogP contribution in [0.25, 0.3) is 0 Å². The Labute approximate surface area is 117 Å². The summed E-state index contributed by atoms with van der Waals surface area (Å²) in [4.78, 5) is 0. The monoisotopic (exact) mass is 277 g/mol. The van der Waals surface area contributed by atoms with Gasteiger partial charge in [0, 0.05) is 11.8 Å². The topological polar surface area (TPSA) is 32.3 Å². The van der Waals surface area contributed by atoms with E-state index >= 15 is 0 Å². The maximum absolute atomic E-state index is 13.3. The number of benzene rings is 2. The summed E-state index contributed by atoms with van der Waals surface area (Å²) in [6, 6.07) is 10.8. The summed E-state index contributed by atoms with van der Waals surface area (Å²) in [5, 5.41) is 12.7. The van der Waals surface area contributed by atoms with Gasteiger partial charge in [-0.1, -0.05) is 17.7 Å². The highest BCUT2D eigenvalue weighted by Crippen LogP contribution is 2.27. The van der Waals surface area contributed by atoms with Gasteiger partial charge >= 0.3 is 0 Å². The van der Waals surface area contributed by atoms with Gasteiger partial charge in [-0.3, -0.25) is 0 Å². The van der Waals surface area contributed by atoms with Crippen LogP contribution in [-0.4, -0.2) is 11.7 Å². The minimum atomic E-state index is -0.960. The molecule has 0 saturated carbocycles. The van der Waals surface area contributed by atoms with Crippen molar-refractivity contribution in [1.82, 2.24) is 0 Å². The summed E-state index contributed by atoms with van der Waals surface area (Å²) < 4.78 is 26.7. The Kier molecular flexibility index (Phi) is 4.04. The van der Waals surface area contributed by atoms with Gasteiger partial charge in [0.1, 0.15) is 11.6 Å². The number of aliphatic hydroxyl groups is 1. The first kappa shape index (κ1) is 14.5. The second-order valence-corrected chi connectivity index (χ2v) is 5.14. The molecule has 4 heteroatoms. The van der Waals surface area contributed by atoms with Crippen molar-refractivity contribution in [2.45, 2.75) is 19.4 Å². The number of anilines is 1. The molecule has 0 saturated heterocycles. The maximum Gasteiger partial charge on any atom is 0.126 e. The molecule has 2 rings (SSSR count). The zero-order valence-electron chi connectivity index (χ0n) is 11.5. The molecule has 0 aliphatic carbocycles. The average Bonchev–Trinajstić information content (AvgIpc) is 2.40. The maximum atomic E-state index is 13.3. The first-order valence-corrected chi connectivity index (χ1v) is 6.35. The number of hydrogen-bond acceptors (Lipinski definition) is 2. The van der Waals surface area contributed by atoms with Crippen molar-refractivity contribution in [3.05, 3.63) is 65.2 Å². The molecule has 2 aromatic carbocycles. The van der Waals surface area contributed by atoms with Crippen LogP contribution in [0.4, 0.5) is 14.5 Å². The molecule has 0 amide bonds. The van der Waals surface area contributed by atoms with Crippen LogP contribution in [0, 0.1) is 18.6 Å². The molecule has 0 aliphatic rings. The largest absolute Gasteiger partial charge is 0.394 e. The number of halogens is 2. The van der Waals surface area contributed by atoms with Gasteiger partial charge in [-0.05, 0) is 43.7 Å². The van der Waals surface area contributed by atoms with Crippen LogP contribution in [-0.2, 0) is 5.54 Å². The minimum Gasteiger partial charge on any atom is -0.394 e. The molecule has 2 aromatic rings. The lowest BCUT2D eigenvalue weighted by Gasteiger charge is -2.30. The van der Waals surface area contributed by atoms with E-state index in [0.29, 0.717) is 5.56 Å². The van der Waals surface area contributed by atoms with Gasteiger partial charge in [0.15, 0.2) is 0 Å². The van der Waals surface area contributed by atoms with E-state index in [1.807, 2.05) is 31.2 Å². The van der Waals surface area contributed by atoms with E-state index in [2.05, 4.69) is 5.32 Å². The van der Waals surface area contributed by atoms with E-state index in [-0.39, 0.29) is 6.61 Å². The summed E-state index contributed by atoms with van der Waals surface area (Å²) in [5.41, 5.74) is 1.28. The molecule has 0 radical (unpaired) electrons. The van der Waals surface area contributed by atoms with Crippen LogP contribution in [0.5, 0.6) is 0 Å². The Balaban J connectivity index is 2.35. The fraction of sp³-hybridized carbons (Fsp3) is 0.250. The number of aryl methyl sites for hydroxylation is 1. The highest BCUT2D eigenvalue weighted by molar-refractivity contribution is 5.49. The van der Waals surface area contributed by atoms with Crippen LogP contribution < -0.4 is 5.32 Å². The molecule has 0 aromatic heterocycles. The number of rotatable bonds is 4. The fourth-order valence-electron chi connectivity index (χ4n) is 2.03. The lowest BCUT2D eigenvalue weighted by atomic mass is 9.92. The standard InChI is InChI=1S/C16H17F2NO/c1-11-3-5-15(6-4-11)19-16(2,10-20)12-7-13(17)9-14(18)8-12/h3-9,19-20H,10H2,1-2H3. The highest BCUT2D eigenvalue weighted by Gasteiger charge is 2.26. The molecular weight excluding hydrogens is 260 g/mol. The first-order chi connectivity index (χ1) is 9.43. The molecule has 1 atom stereocenters. The van der Waals surface area contributed by atoms with Gasteiger partial charge in [-0.25, -0.2) is 8.78 Å². The molecule has 0 heterocycles. The van der Waals surface area contributed by atoms with Crippen molar-refractivity contribution in [1.29, 1.82) is 0 Å². The highest BCUT2D eigenvalue weighted by atomic mass is 19.1. The van der Waals surface area contributed by atoms with Crippen molar-refractivity contribution in [3.8, 4) is 0 Å². The van der Waals surface area contributed by atoms with E-state index in [1.165, 1.54) is 12.1 Å². The van der Waals surface area contributed by atoms with Crippen LogP contribution in [0.2, 0.25) is 0 Å². The second-order valence-electron chi connectivity index (χ2n) is 5.14. The molecule has 0 fully saturated rings. The van der Waals surface area contributed by atoms with Crippen molar-refractivity contribution in [2.24, 2.45) is 0 Å². The quantitative estimate of drug-likeness (QED) is 0.895. The molecule has 106 valence electrons. The fourth-order valence-corrected chi connectivity index (χ4v) is 2.03. The van der Waals surface area contributed by atoms with Gasteiger partial charge in [0.2, 0.25) is 0 Å². The average molecular weight is 277 g/mol. The van der Waals surface area contributed by atoms with Gasteiger partial charge in [0.05, 0.1) is 12.1 Å². The van der Waals surface area contributed by atoms with Crippen molar-refractivity contribution in [2.75, 3.05) is 11.9 Å². The van der Waals surface area contributed by atoms with E-state index in [1.54, 1.807) is 6.92 Å². The number of aliphatic hydroxyl groups excluding tert-OH is 1.